The average Bonchev–Trinajstić information content (AvgIpc) is 2.18. The van der Waals surface area contributed by atoms with Crippen LogP contribution in [0, 0.1) is 5.82 Å². The Labute approximate surface area is 85.2 Å². The molecule has 0 heterocycles. The summed E-state index contributed by atoms with van der Waals surface area (Å²) in [6, 6.07) is 4.01. The number of rotatable bonds is 4. The molecule has 0 N–H and O–H groups in total. The Kier molecular flexibility index (Phi) is 3.29. The van der Waals surface area contributed by atoms with Gasteiger partial charge in [0.25, 0.3) is 0 Å². The standard InChI is InChI=1S/C11H9F3O/c1-2-7-11(13,14)10(15)8-3-5-9(12)6-4-8/h2-6H,1,7H2. The Balaban J connectivity index is 2.94. The number of carbonyl (C=O) groups excluding carboxylic acids is 1. The molecule has 0 aliphatic carbocycles. The zero-order chi connectivity index (χ0) is 11.5. The van der Waals surface area contributed by atoms with Gasteiger partial charge >= 0.3 is 5.92 Å². The fourth-order valence-electron chi connectivity index (χ4n) is 1.09. The highest BCUT2D eigenvalue weighted by molar-refractivity contribution is 6.01. The van der Waals surface area contributed by atoms with Crippen LogP contribution < -0.4 is 0 Å². The van der Waals surface area contributed by atoms with Crippen LogP contribution in [0.4, 0.5) is 13.2 Å². The number of halogens is 3. The first kappa shape index (κ1) is 11.5. The molecular formula is C11H9F3O. The monoisotopic (exact) mass is 214 g/mol. The molecule has 0 amide bonds. The third kappa shape index (κ3) is 2.68. The number of ketones is 1. The van der Waals surface area contributed by atoms with Gasteiger partial charge < -0.3 is 0 Å². The lowest BCUT2D eigenvalue weighted by atomic mass is 10.0. The lowest BCUT2D eigenvalue weighted by Crippen LogP contribution is -2.27. The smallest absolute Gasteiger partial charge is 0.287 e. The lowest BCUT2D eigenvalue weighted by Gasteiger charge is -2.12. The van der Waals surface area contributed by atoms with Crippen LogP contribution in [-0.4, -0.2) is 11.7 Å². The van der Waals surface area contributed by atoms with Crippen molar-refractivity contribution in [2.75, 3.05) is 0 Å². The maximum atomic E-state index is 13.1. The predicted molar refractivity (Wildman–Crippen MR) is 50.5 cm³/mol. The Morgan fingerprint density at radius 2 is 1.87 bits per heavy atom. The zero-order valence-corrected chi connectivity index (χ0v) is 7.84. The van der Waals surface area contributed by atoms with Crippen LogP contribution in [0.15, 0.2) is 36.9 Å². The van der Waals surface area contributed by atoms with Crippen LogP contribution in [0.1, 0.15) is 16.8 Å². The summed E-state index contributed by atoms with van der Waals surface area (Å²) in [5.41, 5.74) is -0.205. The van der Waals surface area contributed by atoms with Gasteiger partial charge in [0.15, 0.2) is 0 Å². The van der Waals surface area contributed by atoms with Gasteiger partial charge in [-0.1, -0.05) is 6.08 Å². The molecule has 1 nitrogen and oxygen atoms in total. The van der Waals surface area contributed by atoms with Gasteiger partial charge in [-0.15, -0.1) is 6.58 Å². The van der Waals surface area contributed by atoms with Crippen molar-refractivity contribution in [3.05, 3.63) is 48.3 Å². The highest BCUT2D eigenvalue weighted by Crippen LogP contribution is 2.24. The maximum Gasteiger partial charge on any atom is 0.313 e. The van der Waals surface area contributed by atoms with Gasteiger partial charge in [-0.3, -0.25) is 4.79 Å². The molecule has 1 aromatic carbocycles. The second-order valence-electron chi connectivity index (χ2n) is 3.03. The Morgan fingerprint density at radius 3 is 2.33 bits per heavy atom. The van der Waals surface area contributed by atoms with Crippen molar-refractivity contribution in [1.29, 1.82) is 0 Å². The van der Waals surface area contributed by atoms with E-state index in [0.29, 0.717) is 0 Å². The van der Waals surface area contributed by atoms with Crippen molar-refractivity contribution < 1.29 is 18.0 Å². The van der Waals surface area contributed by atoms with Crippen molar-refractivity contribution in [2.45, 2.75) is 12.3 Å². The number of carbonyl (C=O) groups is 1. The van der Waals surface area contributed by atoms with Gasteiger partial charge in [0.05, 0.1) is 0 Å². The van der Waals surface area contributed by atoms with E-state index in [1.54, 1.807) is 0 Å². The normalized spacial score (nSPS) is 11.1. The van der Waals surface area contributed by atoms with E-state index in [9.17, 15) is 18.0 Å². The van der Waals surface area contributed by atoms with Gasteiger partial charge in [-0.2, -0.15) is 8.78 Å². The van der Waals surface area contributed by atoms with Gasteiger partial charge in [0, 0.05) is 12.0 Å². The number of hydrogen-bond donors (Lipinski definition) is 0. The Morgan fingerprint density at radius 1 is 1.33 bits per heavy atom. The number of hydrogen-bond acceptors (Lipinski definition) is 1. The van der Waals surface area contributed by atoms with Gasteiger partial charge in [-0.25, -0.2) is 4.39 Å². The minimum absolute atomic E-state index is 0.205. The molecule has 0 unspecified atom stereocenters. The van der Waals surface area contributed by atoms with Crippen molar-refractivity contribution in [2.24, 2.45) is 0 Å². The topological polar surface area (TPSA) is 17.1 Å². The first-order valence-electron chi connectivity index (χ1n) is 4.26. The molecule has 0 fully saturated rings. The number of alkyl halides is 2. The SMILES string of the molecule is C=CCC(F)(F)C(=O)c1ccc(F)cc1. The molecule has 0 aromatic heterocycles. The summed E-state index contributed by atoms with van der Waals surface area (Å²) >= 11 is 0. The molecule has 0 saturated heterocycles. The summed E-state index contributed by atoms with van der Waals surface area (Å²) in [5.74, 6) is -5.36. The van der Waals surface area contributed by atoms with Crippen LogP contribution in [0.25, 0.3) is 0 Å². The molecule has 15 heavy (non-hydrogen) atoms. The highest BCUT2D eigenvalue weighted by Gasteiger charge is 2.37. The largest absolute Gasteiger partial charge is 0.313 e. The summed E-state index contributed by atoms with van der Waals surface area (Å²) < 4.78 is 38.7. The quantitative estimate of drug-likeness (QED) is 0.555. The van der Waals surface area contributed by atoms with Crippen LogP contribution in [0.5, 0.6) is 0 Å². The summed E-state index contributed by atoms with van der Waals surface area (Å²) in [6.07, 6.45) is 0.255. The van der Waals surface area contributed by atoms with Crippen LogP contribution in [-0.2, 0) is 0 Å². The van der Waals surface area contributed by atoms with E-state index in [1.165, 1.54) is 0 Å². The lowest BCUT2D eigenvalue weighted by molar-refractivity contribution is 0.0123. The molecule has 1 rings (SSSR count). The second kappa shape index (κ2) is 4.29. The van der Waals surface area contributed by atoms with E-state index in [2.05, 4.69) is 6.58 Å². The molecule has 0 saturated carbocycles. The van der Waals surface area contributed by atoms with Gasteiger partial charge in [0.2, 0.25) is 5.78 Å². The number of Topliss-reactive ketones (excluding diaryl/α,β-unsaturated/α-hetero) is 1. The molecule has 0 aliphatic rings. The van der Waals surface area contributed by atoms with E-state index in [1.807, 2.05) is 0 Å². The fraction of sp³-hybridized carbons (Fsp3) is 0.182. The maximum absolute atomic E-state index is 13.1. The fourth-order valence-corrected chi connectivity index (χ4v) is 1.09. The Hall–Kier alpha value is -1.58. The number of allylic oxidation sites excluding steroid dienone is 1. The third-order valence-electron chi connectivity index (χ3n) is 1.84. The summed E-state index contributed by atoms with van der Waals surface area (Å²) in [4.78, 5) is 11.2. The van der Waals surface area contributed by atoms with Crippen molar-refractivity contribution in [1.82, 2.24) is 0 Å². The summed E-state index contributed by atoms with van der Waals surface area (Å²) in [6.45, 7) is 3.14. The van der Waals surface area contributed by atoms with Crippen molar-refractivity contribution in [3.8, 4) is 0 Å². The first-order chi connectivity index (χ1) is 6.97. The molecule has 0 aliphatic heterocycles. The molecule has 0 atom stereocenters. The number of benzene rings is 1. The third-order valence-corrected chi connectivity index (χ3v) is 1.84. The van der Waals surface area contributed by atoms with Crippen LogP contribution in [0.2, 0.25) is 0 Å². The molecular weight excluding hydrogens is 205 g/mol. The van der Waals surface area contributed by atoms with Crippen LogP contribution >= 0.6 is 0 Å². The van der Waals surface area contributed by atoms with E-state index in [0.717, 1.165) is 30.3 Å². The van der Waals surface area contributed by atoms with Crippen LogP contribution in [0.3, 0.4) is 0 Å². The Bertz CT molecular complexity index is 368. The van der Waals surface area contributed by atoms with Gasteiger partial charge in [0.1, 0.15) is 5.82 Å². The van der Waals surface area contributed by atoms with E-state index < -0.39 is 23.9 Å². The molecule has 1 aromatic rings. The van der Waals surface area contributed by atoms with Crippen molar-refractivity contribution >= 4 is 5.78 Å². The minimum atomic E-state index is -3.47. The zero-order valence-electron chi connectivity index (χ0n) is 7.84. The molecule has 0 radical (unpaired) electrons. The molecule has 0 bridgehead atoms. The second-order valence-corrected chi connectivity index (χ2v) is 3.03. The van der Waals surface area contributed by atoms with E-state index in [4.69, 9.17) is 0 Å². The van der Waals surface area contributed by atoms with Gasteiger partial charge in [-0.05, 0) is 24.3 Å². The average molecular weight is 214 g/mol. The molecule has 4 heteroatoms. The first-order valence-corrected chi connectivity index (χ1v) is 4.26. The van der Waals surface area contributed by atoms with Crippen molar-refractivity contribution in [3.63, 3.8) is 0 Å². The highest BCUT2D eigenvalue weighted by atomic mass is 19.3. The molecule has 80 valence electrons. The summed E-state index contributed by atoms with van der Waals surface area (Å²) in [5, 5.41) is 0. The molecule has 0 spiro atoms. The van der Waals surface area contributed by atoms with E-state index >= 15 is 0 Å². The van der Waals surface area contributed by atoms with E-state index in [-0.39, 0.29) is 5.56 Å². The predicted octanol–water partition coefficient (Wildman–Crippen LogP) is 3.22. The summed E-state index contributed by atoms with van der Waals surface area (Å²) in [7, 11) is 0. The minimum Gasteiger partial charge on any atom is -0.287 e.